The number of amides is 1. The number of hydrogen-bond donors (Lipinski definition) is 1. The van der Waals surface area contributed by atoms with E-state index in [9.17, 15) is 14.0 Å². The van der Waals surface area contributed by atoms with Crippen LogP contribution in [0.3, 0.4) is 0 Å². The van der Waals surface area contributed by atoms with Gasteiger partial charge in [-0.15, -0.1) is 0 Å². The molecule has 1 heterocycles. The van der Waals surface area contributed by atoms with E-state index < -0.39 is 11.7 Å². The van der Waals surface area contributed by atoms with Crippen LogP contribution in [0.15, 0.2) is 48.5 Å². The van der Waals surface area contributed by atoms with Gasteiger partial charge in [-0.3, -0.25) is 9.59 Å². The van der Waals surface area contributed by atoms with E-state index in [-0.39, 0.29) is 17.4 Å². The van der Waals surface area contributed by atoms with Gasteiger partial charge in [-0.1, -0.05) is 11.6 Å². The minimum Gasteiger partial charge on any atom is -0.485 e. The highest BCUT2D eigenvalue weighted by molar-refractivity contribution is 6.30. The summed E-state index contributed by atoms with van der Waals surface area (Å²) >= 11 is 5.88. The lowest BCUT2D eigenvalue weighted by Gasteiger charge is -2.11. The molecule has 0 saturated carbocycles. The molecule has 0 unspecified atom stereocenters. The third-order valence-electron chi connectivity index (χ3n) is 4.40. The lowest BCUT2D eigenvalue weighted by atomic mass is 10.1. The summed E-state index contributed by atoms with van der Waals surface area (Å²) in [6.45, 7) is 3.49. The Morgan fingerprint density at radius 2 is 1.79 bits per heavy atom. The maximum atomic E-state index is 13.4. The molecule has 28 heavy (non-hydrogen) atoms. The molecule has 0 aliphatic heterocycles. The second-order valence-corrected chi connectivity index (χ2v) is 6.73. The van der Waals surface area contributed by atoms with Gasteiger partial charge in [0.05, 0.1) is 5.02 Å². The standard InChI is InChI=1S/C21H18ClFN2O3/c1-12-9-17(13(2)25(12)15-5-8-19(23)18(22)10-15)20(26)11-28-16-6-3-14(4-7-16)21(24)27/h3-10H,11H2,1-2H3,(H2,24,27). The van der Waals surface area contributed by atoms with E-state index >= 15 is 0 Å². The molecule has 2 aromatic carbocycles. The first-order valence-corrected chi connectivity index (χ1v) is 8.86. The summed E-state index contributed by atoms with van der Waals surface area (Å²) in [6.07, 6.45) is 0. The van der Waals surface area contributed by atoms with Crippen molar-refractivity contribution in [2.75, 3.05) is 6.61 Å². The summed E-state index contributed by atoms with van der Waals surface area (Å²) in [4.78, 5) is 23.7. The quantitative estimate of drug-likeness (QED) is 0.628. The van der Waals surface area contributed by atoms with Crippen LogP contribution >= 0.6 is 11.6 Å². The molecular formula is C21H18ClFN2O3. The lowest BCUT2D eigenvalue weighted by molar-refractivity contribution is 0.0919. The van der Waals surface area contributed by atoms with Crippen molar-refractivity contribution in [1.29, 1.82) is 0 Å². The number of hydrogen-bond acceptors (Lipinski definition) is 3. The molecule has 0 spiro atoms. The monoisotopic (exact) mass is 400 g/mol. The predicted molar refractivity (Wildman–Crippen MR) is 105 cm³/mol. The highest BCUT2D eigenvalue weighted by atomic mass is 35.5. The molecule has 1 amide bonds. The van der Waals surface area contributed by atoms with Crippen molar-refractivity contribution in [3.05, 3.63) is 81.9 Å². The zero-order valence-electron chi connectivity index (χ0n) is 15.3. The SMILES string of the molecule is Cc1cc(C(=O)COc2ccc(C(N)=O)cc2)c(C)n1-c1ccc(F)c(Cl)c1. The number of ketones is 1. The average molecular weight is 401 g/mol. The number of aryl methyl sites for hydroxylation is 1. The molecule has 0 fully saturated rings. The number of halogens is 2. The fraction of sp³-hybridized carbons (Fsp3) is 0.143. The first kappa shape index (κ1) is 19.6. The topological polar surface area (TPSA) is 74.3 Å². The van der Waals surface area contributed by atoms with Crippen LogP contribution in [0.25, 0.3) is 5.69 Å². The van der Waals surface area contributed by atoms with E-state index in [1.807, 2.05) is 11.5 Å². The van der Waals surface area contributed by atoms with E-state index in [4.69, 9.17) is 22.1 Å². The molecule has 5 nitrogen and oxygen atoms in total. The van der Waals surface area contributed by atoms with Crippen LogP contribution in [0.1, 0.15) is 32.1 Å². The number of ether oxygens (including phenoxy) is 1. The molecular weight excluding hydrogens is 383 g/mol. The third kappa shape index (κ3) is 3.92. The largest absolute Gasteiger partial charge is 0.485 e. The zero-order chi connectivity index (χ0) is 20.4. The number of aromatic nitrogens is 1. The van der Waals surface area contributed by atoms with Gasteiger partial charge in [0.25, 0.3) is 0 Å². The molecule has 144 valence electrons. The van der Waals surface area contributed by atoms with Crippen molar-refractivity contribution in [3.63, 3.8) is 0 Å². The normalized spacial score (nSPS) is 10.7. The predicted octanol–water partition coefficient (Wildman–Crippen LogP) is 4.25. The average Bonchev–Trinajstić information content (AvgIpc) is 2.97. The number of nitrogens with zero attached hydrogens (tertiary/aromatic N) is 1. The number of Topliss-reactive ketones (excluding diaryl/α,β-unsaturated/α-hetero) is 1. The van der Waals surface area contributed by atoms with Crippen LogP contribution in [-0.4, -0.2) is 22.9 Å². The Balaban J connectivity index is 1.79. The smallest absolute Gasteiger partial charge is 0.248 e. The summed E-state index contributed by atoms with van der Waals surface area (Å²) in [5.74, 6) is -0.778. The van der Waals surface area contributed by atoms with Crippen LogP contribution < -0.4 is 10.5 Å². The van der Waals surface area contributed by atoms with Gasteiger partial charge < -0.3 is 15.0 Å². The highest BCUT2D eigenvalue weighted by Crippen LogP contribution is 2.25. The Kier molecular flexibility index (Phi) is 5.51. The summed E-state index contributed by atoms with van der Waals surface area (Å²) < 4.78 is 20.8. The number of benzene rings is 2. The van der Waals surface area contributed by atoms with E-state index in [2.05, 4.69) is 0 Å². The fourth-order valence-corrected chi connectivity index (χ4v) is 3.18. The first-order chi connectivity index (χ1) is 13.3. The zero-order valence-corrected chi connectivity index (χ0v) is 16.1. The maximum absolute atomic E-state index is 13.4. The number of primary amides is 1. The van der Waals surface area contributed by atoms with Crippen LogP contribution in [0.5, 0.6) is 5.75 Å². The van der Waals surface area contributed by atoms with Crippen molar-refractivity contribution < 1.29 is 18.7 Å². The molecule has 7 heteroatoms. The summed E-state index contributed by atoms with van der Waals surface area (Å²) in [7, 11) is 0. The Hall–Kier alpha value is -3.12. The number of carbonyl (C=O) groups is 2. The second-order valence-electron chi connectivity index (χ2n) is 6.32. The van der Waals surface area contributed by atoms with Crippen LogP contribution in [0.4, 0.5) is 4.39 Å². The third-order valence-corrected chi connectivity index (χ3v) is 4.69. The molecule has 0 aliphatic carbocycles. The Labute approximate surface area is 166 Å². The molecule has 1 aromatic heterocycles. The van der Waals surface area contributed by atoms with Crippen molar-refractivity contribution >= 4 is 23.3 Å². The van der Waals surface area contributed by atoms with Crippen molar-refractivity contribution in [3.8, 4) is 11.4 Å². The molecule has 0 saturated heterocycles. The molecule has 0 atom stereocenters. The van der Waals surface area contributed by atoms with E-state index in [0.717, 1.165) is 5.69 Å². The fourth-order valence-electron chi connectivity index (χ4n) is 3.01. The van der Waals surface area contributed by atoms with E-state index in [1.54, 1.807) is 31.2 Å². The molecule has 0 radical (unpaired) electrons. The Bertz CT molecular complexity index is 1060. The molecule has 3 aromatic rings. The van der Waals surface area contributed by atoms with Crippen molar-refractivity contribution in [1.82, 2.24) is 4.57 Å². The van der Waals surface area contributed by atoms with Crippen LogP contribution in [0, 0.1) is 19.7 Å². The minimum atomic E-state index is -0.532. The van der Waals surface area contributed by atoms with Gasteiger partial charge in [-0.25, -0.2) is 4.39 Å². The molecule has 3 rings (SSSR count). The number of rotatable bonds is 6. The minimum absolute atomic E-state index is 0.0145. The van der Waals surface area contributed by atoms with Crippen LogP contribution in [-0.2, 0) is 0 Å². The van der Waals surface area contributed by atoms with Crippen LogP contribution in [0.2, 0.25) is 5.02 Å². The molecule has 2 N–H and O–H groups in total. The highest BCUT2D eigenvalue weighted by Gasteiger charge is 2.18. The summed E-state index contributed by atoms with van der Waals surface area (Å²) in [5, 5.41) is 0.0145. The van der Waals surface area contributed by atoms with Gasteiger partial charge in [0, 0.05) is 28.2 Å². The van der Waals surface area contributed by atoms with Gasteiger partial charge in [0.2, 0.25) is 11.7 Å². The van der Waals surface area contributed by atoms with Crippen molar-refractivity contribution in [2.45, 2.75) is 13.8 Å². The van der Waals surface area contributed by atoms with E-state index in [0.29, 0.717) is 28.3 Å². The van der Waals surface area contributed by atoms with Gasteiger partial charge in [0.1, 0.15) is 11.6 Å². The summed E-state index contributed by atoms with van der Waals surface area (Å²) in [6, 6.07) is 12.4. The number of carbonyl (C=O) groups excluding carboxylic acids is 2. The first-order valence-electron chi connectivity index (χ1n) is 8.48. The maximum Gasteiger partial charge on any atom is 0.248 e. The van der Waals surface area contributed by atoms with Gasteiger partial charge >= 0.3 is 0 Å². The number of nitrogens with two attached hydrogens (primary N) is 1. The molecule has 0 bridgehead atoms. The van der Waals surface area contributed by atoms with E-state index in [1.165, 1.54) is 24.3 Å². The Morgan fingerprint density at radius 1 is 1.11 bits per heavy atom. The molecule has 0 aliphatic rings. The van der Waals surface area contributed by atoms with Crippen molar-refractivity contribution in [2.24, 2.45) is 5.73 Å². The van der Waals surface area contributed by atoms with Gasteiger partial charge in [0.15, 0.2) is 6.61 Å². The van der Waals surface area contributed by atoms with Gasteiger partial charge in [-0.05, 0) is 62.4 Å². The van der Waals surface area contributed by atoms with Gasteiger partial charge in [-0.2, -0.15) is 0 Å². The Morgan fingerprint density at radius 3 is 2.39 bits per heavy atom. The summed E-state index contributed by atoms with van der Waals surface area (Å²) in [5.41, 5.74) is 8.25. The second kappa shape index (κ2) is 7.86. The lowest BCUT2D eigenvalue weighted by Crippen LogP contribution is -2.13.